The van der Waals surface area contributed by atoms with Crippen molar-refractivity contribution in [2.24, 2.45) is 11.5 Å². The summed E-state index contributed by atoms with van der Waals surface area (Å²) >= 11 is 0. The van der Waals surface area contributed by atoms with E-state index in [2.05, 4.69) is 10.3 Å². The molecule has 2 aromatic carbocycles. The van der Waals surface area contributed by atoms with E-state index in [9.17, 15) is 22.8 Å². The molecule has 2 amide bonds. The molecule has 3 aromatic rings. The molecule has 1 heterocycles. The van der Waals surface area contributed by atoms with E-state index in [1.807, 2.05) is 0 Å². The molecule has 0 unspecified atom stereocenters. The van der Waals surface area contributed by atoms with Crippen molar-refractivity contribution in [1.29, 1.82) is 0 Å². The fraction of sp³-hybridized carbons (Fsp3) is 0.160. The number of carbonyl (C=O) groups excluding carboxylic acids is 2. The minimum Gasteiger partial charge on any atom is -0.489 e. The summed E-state index contributed by atoms with van der Waals surface area (Å²) < 4.78 is 45.2. The number of benzene rings is 2. The van der Waals surface area contributed by atoms with Gasteiger partial charge in [-0.05, 0) is 78.2 Å². The highest BCUT2D eigenvalue weighted by Gasteiger charge is 2.31. The van der Waals surface area contributed by atoms with Gasteiger partial charge in [0.05, 0.1) is 5.56 Å². The Morgan fingerprint density at radius 2 is 1.86 bits per heavy atom. The number of rotatable bonds is 9. The molecule has 0 fully saturated rings. The fourth-order valence-electron chi connectivity index (χ4n) is 3.17. The summed E-state index contributed by atoms with van der Waals surface area (Å²) in [6, 6.07) is 13.4. The zero-order chi connectivity index (χ0) is 25.4. The Bertz CT molecular complexity index is 1240. The number of nitrogens with two attached hydrogens (primary N) is 2. The molecule has 0 atom stereocenters. The number of halogens is 3. The zero-order valence-corrected chi connectivity index (χ0v) is 18.5. The van der Waals surface area contributed by atoms with E-state index in [0.717, 1.165) is 12.1 Å². The molecular weight excluding hydrogens is 461 g/mol. The third-order valence-electron chi connectivity index (χ3n) is 4.79. The van der Waals surface area contributed by atoms with Gasteiger partial charge in [-0.1, -0.05) is 12.1 Å². The first-order valence-corrected chi connectivity index (χ1v) is 10.5. The topological polar surface area (TPSA) is 120 Å². The average molecular weight is 484 g/mol. The van der Waals surface area contributed by atoms with Gasteiger partial charge in [0.25, 0.3) is 5.91 Å². The van der Waals surface area contributed by atoms with Crippen molar-refractivity contribution in [1.82, 2.24) is 4.98 Å². The summed E-state index contributed by atoms with van der Waals surface area (Å²) in [6.45, 7) is 0.345. The van der Waals surface area contributed by atoms with E-state index in [-0.39, 0.29) is 31.0 Å². The van der Waals surface area contributed by atoms with Crippen molar-refractivity contribution in [3.05, 3.63) is 94.8 Å². The maximum Gasteiger partial charge on any atom is 0.416 e. The van der Waals surface area contributed by atoms with Crippen molar-refractivity contribution in [2.75, 3.05) is 11.9 Å². The van der Waals surface area contributed by atoms with Crippen molar-refractivity contribution in [3.63, 3.8) is 0 Å². The normalized spacial score (nSPS) is 11.4. The Balaban J connectivity index is 1.66. The molecule has 0 aliphatic carbocycles. The van der Waals surface area contributed by atoms with Crippen LogP contribution in [0.5, 0.6) is 5.75 Å². The largest absolute Gasteiger partial charge is 0.489 e. The van der Waals surface area contributed by atoms with E-state index >= 15 is 0 Å². The summed E-state index contributed by atoms with van der Waals surface area (Å²) in [4.78, 5) is 27.4. The van der Waals surface area contributed by atoms with Gasteiger partial charge in [-0.15, -0.1) is 0 Å². The van der Waals surface area contributed by atoms with Crippen LogP contribution in [0, 0.1) is 0 Å². The van der Waals surface area contributed by atoms with Crippen molar-refractivity contribution < 1.29 is 27.5 Å². The molecule has 0 spiro atoms. The number of nitrogens with one attached hydrogen (secondary N) is 1. The lowest BCUT2D eigenvalue weighted by Crippen LogP contribution is -2.13. The molecule has 5 N–H and O–H groups in total. The van der Waals surface area contributed by atoms with Crippen LogP contribution in [0.1, 0.15) is 32.7 Å². The molecule has 3 rings (SSSR count). The van der Waals surface area contributed by atoms with E-state index in [1.54, 1.807) is 30.3 Å². The maximum absolute atomic E-state index is 13.2. The van der Waals surface area contributed by atoms with Gasteiger partial charge in [0.2, 0.25) is 5.91 Å². The summed E-state index contributed by atoms with van der Waals surface area (Å²) in [6.07, 6.45) is -0.116. The summed E-state index contributed by atoms with van der Waals surface area (Å²) in [5.74, 6) is -0.725. The van der Waals surface area contributed by atoms with Crippen LogP contribution in [-0.4, -0.2) is 23.3 Å². The van der Waals surface area contributed by atoms with Gasteiger partial charge in [-0.3, -0.25) is 14.6 Å². The third-order valence-corrected chi connectivity index (χ3v) is 4.79. The van der Waals surface area contributed by atoms with E-state index in [4.69, 9.17) is 16.2 Å². The number of aromatic nitrogens is 1. The second-order valence-corrected chi connectivity index (χ2v) is 7.55. The first-order chi connectivity index (χ1) is 16.6. The van der Waals surface area contributed by atoms with Crippen LogP contribution >= 0.6 is 0 Å². The first-order valence-electron chi connectivity index (χ1n) is 10.5. The molecule has 0 aliphatic heterocycles. The molecule has 182 valence electrons. The van der Waals surface area contributed by atoms with E-state index in [0.29, 0.717) is 22.4 Å². The minimum atomic E-state index is -4.54. The predicted molar refractivity (Wildman–Crippen MR) is 125 cm³/mol. The van der Waals surface area contributed by atoms with Gasteiger partial charge in [0.1, 0.15) is 18.1 Å². The van der Waals surface area contributed by atoms with Gasteiger partial charge < -0.3 is 21.5 Å². The third kappa shape index (κ3) is 7.68. The van der Waals surface area contributed by atoms with Crippen LogP contribution in [-0.2, 0) is 24.0 Å². The molecule has 0 bridgehead atoms. The molecule has 0 aliphatic rings. The van der Waals surface area contributed by atoms with Gasteiger partial charge in [-0.25, -0.2) is 0 Å². The number of hydrogen-bond acceptors (Lipinski definition) is 5. The van der Waals surface area contributed by atoms with Crippen LogP contribution < -0.4 is 21.5 Å². The second kappa shape index (κ2) is 11.3. The van der Waals surface area contributed by atoms with Crippen LogP contribution in [0.2, 0.25) is 0 Å². The molecular formula is C25H23F3N4O3. The fourth-order valence-corrected chi connectivity index (χ4v) is 3.17. The van der Waals surface area contributed by atoms with Crippen LogP contribution in [0.4, 0.5) is 18.9 Å². The number of pyridine rings is 1. The molecule has 0 saturated carbocycles. The highest BCUT2D eigenvalue weighted by atomic mass is 19.4. The standard InChI is InChI=1S/C25H23F3N4O3/c26-25(27,28)19-10-17(6-8-29)11-20(14-19)32-23(33)5-4-16-2-1-3-21(12-16)35-15-18-7-9-31-22(13-18)24(30)34/h1-5,7,9-14H,6,8,15,29H2,(H2,30,34)(H,32,33). The van der Waals surface area contributed by atoms with Crippen molar-refractivity contribution in [3.8, 4) is 5.75 Å². The van der Waals surface area contributed by atoms with Gasteiger partial charge in [0.15, 0.2) is 0 Å². The number of ether oxygens (including phenoxy) is 1. The lowest BCUT2D eigenvalue weighted by Gasteiger charge is -2.12. The lowest BCUT2D eigenvalue weighted by atomic mass is 10.1. The van der Waals surface area contributed by atoms with Gasteiger partial charge in [0, 0.05) is 18.0 Å². The van der Waals surface area contributed by atoms with Gasteiger partial charge >= 0.3 is 6.18 Å². The molecule has 7 nitrogen and oxygen atoms in total. The number of alkyl halides is 3. The summed E-state index contributed by atoms with van der Waals surface area (Å²) in [5, 5.41) is 2.46. The summed E-state index contributed by atoms with van der Waals surface area (Å²) in [5.41, 5.74) is 11.7. The number of nitrogens with zero attached hydrogens (tertiary/aromatic N) is 1. The quantitative estimate of drug-likeness (QED) is 0.398. The number of primary amides is 1. The molecule has 10 heteroatoms. The zero-order valence-electron chi connectivity index (χ0n) is 18.5. The smallest absolute Gasteiger partial charge is 0.416 e. The molecule has 1 aromatic heterocycles. The Kier molecular flexibility index (Phi) is 8.21. The van der Waals surface area contributed by atoms with Crippen molar-refractivity contribution in [2.45, 2.75) is 19.2 Å². The Morgan fingerprint density at radius 3 is 2.57 bits per heavy atom. The molecule has 35 heavy (non-hydrogen) atoms. The van der Waals surface area contributed by atoms with Crippen LogP contribution in [0.15, 0.2) is 66.9 Å². The monoisotopic (exact) mass is 484 g/mol. The average Bonchev–Trinajstić information content (AvgIpc) is 2.81. The maximum atomic E-state index is 13.2. The first kappa shape index (κ1) is 25.4. The highest BCUT2D eigenvalue weighted by molar-refractivity contribution is 6.02. The Labute approximate surface area is 199 Å². The molecule has 0 saturated heterocycles. The highest BCUT2D eigenvalue weighted by Crippen LogP contribution is 2.32. The van der Waals surface area contributed by atoms with E-state index < -0.39 is 23.6 Å². The Morgan fingerprint density at radius 1 is 1.06 bits per heavy atom. The Hall–Kier alpha value is -4.18. The lowest BCUT2D eigenvalue weighted by molar-refractivity contribution is -0.137. The SMILES string of the molecule is NCCc1cc(NC(=O)C=Cc2cccc(OCc3ccnc(C(N)=O)c3)c2)cc(C(F)(F)F)c1. The number of hydrogen-bond donors (Lipinski definition) is 3. The predicted octanol–water partition coefficient (Wildman–Crippen LogP) is 3.93. The van der Waals surface area contributed by atoms with Crippen LogP contribution in [0.3, 0.4) is 0 Å². The summed E-state index contributed by atoms with van der Waals surface area (Å²) in [7, 11) is 0. The second-order valence-electron chi connectivity index (χ2n) is 7.55. The number of anilines is 1. The van der Waals surface area contributed by atoms with Gasteiger partial charge in [-0.2, -0.15) is 13.2 Å². The molecule has 0 radical (unpaired) electrons. The number of carbonyl (C=O) groups is 2. The van der Waals surface area contributed by atoms with Crippen LogP contribution in [0.25, 0.3) is 6.08 Å². The number of amides is 2. The van der Waals surface area contributed by atoms with Crippen molar-refractivity contribution >= 4 is 23.6 Å². The minimum absolute atomic E-state index is 0.0303. The van der Waals surface area contributed by atoms with E-state index in [1.165, 1.54) is 30.5 Å².